The van der Waals surface area contributed by atoms with Crippen molar-refractivity contribution in [2.75, 3.05) is 13.1 Å². The van der Waals surface area contributed by atoms with Crippen molar-refractivity contribution in [3.8, 4) is 0 Å². The van der Waals surface area contributed by atoms with E-state index >= 15 is 0 Å². The number of rotatable bonds is 4. The number of carbonyl (C=O) groups is 1. The Morgan fingerprint density at radius 2 is 1.94 bits per heavy atom. The van der Waals surface area contributed by atoms with Gasteiger partial charge in [-0.25, -0.2) is 0 Å². The Kier molecular flexibility index (Phi) is 3.37. The zero-order valence-electron chi connectivity index (χ0n) is 10.7. The highest BCUT2D eigenvalue weighted by Crippen LogP contribution is 2.36. The third-order valence-electron chi connectivity index (χ3n) is 4.66. The molecule has 1 N–H and O–H groups in total. The van der Waals surface area contributed by atoms with Gasteiger partial charge in [-0.05, 0) is 44.4 Å². The van der Waals surface area contributed by atoms with Gasteiger partial charge in [0.25, 0.3) is 0 Å². The van der Waals surface area contributed by atoms with E-state index in [1.807, 2.05) is 0 Å². The molecule has 2 saturated carbocycles. The monoisotopic (exact) mass is 236 g/mol. The fourth-order valence-corrected chi connectivity index (χ4v) is 3.58. The van der Waals surface area contributed by atoms with Gasteiger partial charge in [-0.3, -0.25) is 4.79 Å². The van der Waals surface area contributed by atoms with Gasteiger partial charge in [0.05, 0.1) is 0 Å². The second-order valence-corrected chi connectivity index (χ2v) is 5.97. The van der Waals surface area contributed by atoms with Crippen molar-refractivity contribution in [2.45, 2.75) is 63.5 Å². The molecule has 0 bridgehead atoms. The van der Waals surface area contributed by atoms with E-state index in [-0.39, 0.29) is 0 Å². The molecule has 3 aliphatic rings. The molecule has 17 heavy (non-hydrogen) atoms. The molecule has 1 aliphatic heterocycles. The average Bonchev–Trinajstić information content (AvgIpc) is 3.04. The topological polar surface area (TPSA) is 32.3 Å². The summed E-state index contributed by atoms with van der Waals surface area (Å²) in [5.74, 6) is 1.22. The van der Waals surface area contributed by atoms with Crippen molar-refractivity contribution < 1.29 is 4.79 Å². The molecule has 0 radical (unpaired) electrons. The maximum Gasteiger partial charge on any atom is 0.224 e. The van der Waals surface area contributed by atoms with Crippen LogP contribution in [0.25, 0.3) is 0 Å². The fourth-order valence-electron chi connectivity index (χ4n) is 3.58. The van der Waals surface area contributed by atoms with E-state index in [9.17, 15) is 4.79 Å². The van der Waals surface area contributed by atoms with Gasteiger partial charge < -0.3 is 10.2 Å². The molecule has 3 rings (SSSR count). The number of carbonyl (C=O) groups excluding carboxylic acids is 1. The highest BCUT2D eigenvalue weighted by atomic mass is 16.2. The minimum Gasteiger partial charge on any atom is -0.339 e. The number of amides is 1. The molecular weight excluding hydrogens is 212 g/mol. The second kappa shape index (κ2) is 4.97. The largest absolute Gasteiger partial charge is 0.339 e. The van der Waals surface area contributed by atoms with Crippen molar-refractivity contribution >= 4 is 5.91 Å². The Labute approximate surface area is 104 Å². The van der Waals surface area contributed by atoms with E-state index in [0.717, 1.165) is 25.0 Å². The van der Waals surface area contributed by atoms with Crippen LogP contribution in [-0.2, 0) is 4.79 Å². The summed E-state index contributed by atoms with van der Waals surface area (Å²) in [5, 5.41) is 3.44. The van der Waals surface area contributed by atoms with Gasteiger partial charge in [0.2, 0.25) is 5.91 Å². The number of piperidine rings is 1. The Morgan fingerprint density at radius 3 is 2.76 bits per heavy atom. The second-order valence-electron chi connectivity index (χ2n) is 5.97. The van der Waals surface area contributed by atoms with E-state index < -0.39 is 0 Å². The van der Waals surface area contributed by atoms with Crippen molar-refractivity contribution in [2.24, 2.45) is 5.92 Å². The summed E-state index contributed by atoms with van der Waals surface area (Å²) in [6.45, 7) is 1.90. The standard InChI is InChI=1S/C14H24N2O/c17-14(8-9-15-12-6-7-12)16-10-2-4-11-3-1-5-13(11)16/h11-13,15H,1-10H2. The van der Waals surface area contributed by atoms with E-state index in [1.165, 1.54) is 44.9 Å². The Bertz CT molecular complexity index is 288. The lowest BCUT2D eigenvalue weighted by atomic mass is 9.92. The minimum atomic E-state index is 0.398. The first-order valence-electron chi connectivity index (χ1n) is 7.37. The quantitative estimate of drug-likeness (QED) is 0.809. The lowest BCUT2D eigenvalue weighted by Crippen LogP contribution is -2.46. The SMILES string of the molecule is O=C(CCNC1CC1)N1CCCC2CCCC21. The summed E-state index contributed by atoms with van der Waals surface area (Å²) in [5.41, 5.74) is 0. The highest BCUT2D eigenvalue weighted by molar-refractivity contribution is 5.77. The lowest BCUT2D eigenvalue weighted by molar-refractivity contribution is -0.135. The molecule has 2 aliphatic carbocycles. The van der Waals surface area contributed by atoms with Crippen molar-refractivity contribution in [3.05, 3.63) is 0 Å². The lowest BCUT2D eigenvalue weighted by Gasteiger charge is -2.38. The van der Waals surface area contributed by atoms with Gasteiger partial charge in [-0.15, -0.1) is 0 Å². The summed E-state index contributed by atoms with van der Waals surface area (Å²) in [7, 11) is 0. The van der Waals surface area contributed by atoms with Gasteiger partial charge in [0.15, 0.2) is 0 Å². The van der Waals surface area contributed by atoms with Crippen LogP contribution in [0.1, 0.15) is 51.4 Å². The number of likely N-dealkylation sites (tertiary alicyclic amines) is 1. The first-order chi connectivity index (χ1) is 8.34. The van der Waals surface area contributed by atoms with Crippen LogP contribution in [-0.4, -0.2) is 36.0 Å². The smallest absolute Gasteiger partial charge is 0.224 e. The number of nitrogens with zero attached hydrogens (tertiary/aromatic N) is 1. The third-order valence-corrected chi connectivity index (χ3v) is 4.66. The summed E-state index contributed by atoms with van der Waals surface area (Å²) in [6.07, 6.45) is 9.85. The molecule has 2 atom stereocenters. The average molecular weight is 236 g/mol. The summed E-state index contributed by atoms with van der Waals surface area (Å²) in [6, 6.07) is 1.32. The molecule has 1 heterocycles. The molecule has 0 aromatic carbocycles. The van der Waals surface area contributed by atoms with E-state index in [0.29, 0.717) is 18.4 Å². The van der Waals surface area contributed by atoms with Crippen LogP contribution < -0.4 is 5.32 Å². The van der Waals surface area contributed by atoms with Crippen LogP contribution in [0.4, 0.5) is 0 Å². The van der Waals surface area contributed by atoms with Crippen LogP contribution >= 0.6 is 0 Å². The molecule has 3 heteroatoms. The van der Waals surface area contributed by atoms with E-state index in [2.05, 4.69) is 10.2 Å². The first kappa shape index (κ1) is 11.5. The number of nitrogens with one attached hydrogen (secondary N) is 1. The predicted octanol–water partition coefficient (Wildman–Crippen LogP) is 1.92. The van der Waals surface area contributed by atoms with E-state index in [4.69, 9.17) is 0 Å². The molecule has 1 amide bonds. The maximum atomic E-state index is 12.2. The third kappa shape index (κ3) is 2.65. The number of hydrogen-bond donors (Lipinski definition) is 1. The van der Waals surface area contributed by atoms with E-state index in [1.54, 1.807) is 0 Å². The molecule has 1 saturated heterocycles. The minimum absolute atomic E-state index is 0.398. The summed E-state index contributed by atoms with van der Waals surface area (Å²) < 4.78 is 0. The molecule has 0 aromatic rings. The highest BCUT2D eigenvalue weighted by Gasteiger charge is 2.36. The fraction of sp³-hybridized carbons (Fsp3) is 0.929. The number of hydrogen-bond acceptors (Lipinski definition) is 2. The maximum absolute atomic E-state index is 12.2. The van der Waals surface area contributed by atoms with Crippen LogP contribution in [0.2, 0.25) is 0 Å². The predicted molar refractivity (Wildman–Crippen MR) is 67.7 cm³/mol. The van der Waals surface area contributed by atoms with Crippen molar-refractivity contribution in [1.82, 2.24) is 10.2 Å². The van der Waals surface area contributed by atoms with Crippen LogP contribution in [0.3, 0.4) is 0 Å². The zero-order chi connectivity index (χ0) is 11.7. The van der Waals surface area contributed by atoms with Gasteiger partial charge in [0.1, 0.15) is 0 Å². The molecule has 0 spiro atoms. The Balaban J connectivity index is 1.49. The van der Waals surface area contributed by atoms with Crippen molar-refractivity contribution in [1.29, 1.82) is 0 Å². The van der Waals surface area contributed by atoms with Crippen LogP contribution in [0, 0.1) is 5.92 Å². The Hall–Kier alpha value is -0.570. The molecule has 3 fully saturated rings. The molecule has 96 valence electrons. The molecule has 3 nitrogen and oxygen atoms in total. The summed E-state index contributed by atoms with van der Waals surface area (Å²) >= 11 is 0. The van der Waals surface area contributed by atoms with Crippen molar-refractivity contribution in [3.63, 3.8) is 0 Å². The molecule has 2 unspecified atom stereocenters. The summed E-state index contributed by atoms with van der Waals surface area (Å²) in [4.78, 5) is 14.4. The van der Waals surface area contributed by atoms with Crippen LogP contribution in [0.15, 0.2) is 0 Å². The normalized spacial score (nSPS) is 32.6. The van der Waals surface area contributed by atoms with Gasteiger partial charge in [0, 0.05) is 31.6 Å². The first-order valence-corrected chi connectivity index (χ1v) is 7.37. The van der Waals surface area contributed by atoms with Gasteiger partial charge >= 0.3 is 0 Å². The Morgan fingerprint density at radius 1 is 1.12 bits per heavy atom. The number of fused-ring (bicyclic) bond motifs is 1. The molecular formula is C14H24N2O. The van der Waals surface area contributed by atoms with Gasteiger partial charge in [-0.1, -0.05) is 6.42 Å². The van der Waals surface area contributed by atoms with Gasteiger partial charge in [-0.2, -0.15) is 0 Å². The van der Waals surface area contributed by atoms with Crippen LogP contribution in [0.5, 0.6) is 0 Å². The zero-order valence-corrected chi connectivity index (χ0v) is 10.7. The molecule has 0 aromatic heterocycles.